The van der Waals surface area contributed by atoms with Crippen LogP contribution in [0.2, 0.25) is 0 Å². The lowest BCUT2D eigenvalue weighted by Crippen LogP contribution is -1.96. The number of hydrogen-bond donors (Lipinski definition) is 0. The Morgan fingerprint density at radius 2 is 1.46 bits per heavy atom. The van der Waals surface area contributed by atoms with Crippen LogP contribution in [0, 0.1) is 0 Å². The molecule has 4 heterocycles. The predicted octanol–water partition coefficient (Wildman–Crippen LogP) is 8.91. The number of fused-ring (bicyclic) bond motifs is 4. The quantitative estimate of drug-likeness (QED) is 0.241. The molecule has 0 fully saturated rings. The molecule has 4 aromatic carbocycles. The first-order valence-corrected chi connectivity index (χ1v) is 12.8. The Bertz CT molecular complexity index is 2090. The number of aromatic nitrogens is 3. The van der Waals surface area contributed by atoms with Crippen molar-refractivity contribution in [2.45, 2.75) is 0 Å². The molecule has 39 heavy (non-hydrogen) atoms. The highest BCUT2D eigenvalue weighted by Crippen LogP contribution is 2.37. The molecule has 4 aromatic heterocycles. The Balaban J connectivity index is 1.41. The average molecular weight is 504 g/mol. The van der Waals surface area contributed by atoms with Gasteiger partial charge in [0.05, 0.1) is 23.0 Å². The molecule has 0 unspecified atom stereocenters. The van der Waals surface area contributed by atoms with E-state index < -0.39 is 0 Å². The number of furan rings is 1. The van der Waals surface area contributed by atoms with Crippen LogP contribution in [0.1, 0.15) is 0 Å². The second-order valence-electron chi connectivity index (χ2n) is 9.53. The van der Waals surface area contributed by atoms with E-state index in [1.54, 1.807) is 6.26 Å². The summed E-state index contributed by atoms with van der Waals surface area (Å²) in [6, 6.07) is 39.1. The predicted molar refractivity (Wildman–Crippen MR) is 155 cm³/mol. The van der Waals surface area contributed by atoms with Crippen molar-refractivity contribution in [2.75, 3.05) is 0 Å². The number of benzene rings is 4. The van der Waals surface area contributed by atoms with Gasteiger partial charge in [-0.2, -0.15) is 0 Å². The first kappa shape index (κ1) is 21.6. The van der Waals surface area contributed by atoms with Gasteiger partial charge in [-0.3, -0.25) is 4.98 Å². The number of nitrogens with zero attached hydrogens (tertiary/aromatic N) is 3. The van der Waals surface area contributed by atoms with Crippen molar-refractivity contribution in [3.63, 3.8) is 0 Å². The van der Waals surface area contributed by atoms with Crippen molar-refractivity contribution in [3.05, 3.63) is 128 Å². The highest BCUT2D eigenvalue weighted by Gasteiger charge is 2.17. The number of pyridine rings is 1. The fourth-order valence-electron chi connectivity index (χ4n) is 5.38. The summed E-state index contributed by atoms with van der Waals surface area (Å²) in [5.41, 5.74) is 8.66. The standard InChI is InChI=1S/C34H21N3O2/c1-3-11-30-26(8-1)27-15-14-22(34-36-29-10-2-4-12-33(29)39-34)21-31(27)37(30)25-19-23(28-9-5-6-16-35-28)18-24(20-25)32-13-7-17-38-32/h1-21H. The van der Waals surface area contributed by atoms with Crippen LogP contribution in [0.4, 0.5) is 0 Å². The van der Waals surface area contributed by atoms with Gasteiger partial charge in [-0.15, -0.1) is 0 Å². The molecule has 0 aliphatic rings. The topological polar surface area (TPSA) is 57.0 Å². The summed E-state index contributed by atoms with van der Waals surface area (Å²) in [4.78, 5) is 9.38. The van der Waals surface area contributed by atoms with Crippen LogP contribution < -0.4 is 0 Å². The second kappa shape index (κ2) is 8.57. The first-order valence-electron chi connectivity index (χ1n) is 12.8. The van der Waals surface area contributed by atoms with E-state index in [1.165, 1.54) is 5.39 Å². The smallest absolute Gasteiger partial charge is 0.227 e. The van der Waals surface area contributed by atoms with Gasteiger partial charge in [0.1, 0.15) is 11.3 Å². The second-order valence-corrected chi connectivity index (χ2v) is 9.53. The lowest BCUT2D eigenvalue weighted by Gasteiger charge is -2.13. The third-order valence-electron chi connectivity index (χ3n) is 7.16. The van der Waals surface area contributed by atoms with E-state index in [-0.39, 0.29) is 0 Å². The summed E-state index contributed by atoms with van der Waals surface area (Å²) >= 11 is 0. The molecule has 8 aromatic rings. The SMILES string of the molecule is c1ccc(-c2cc(-c3ccco3)cc(-n3c4ccccc4c4ccc(-c5nc6ccccc6o5)cc43)c2)nc1. The zero-order chi connectivity index (χ0) is 25.8. The summed E-state index contributed by atoms with van der Waals surface area (Å²) in [6.45, 7) is 0. The van der Waals surface area contributed by atoms with Crippen molar-refractivity contribution in [2.24, 2.45) is 0 Å². The Morgan fingerprint density at radius 3 is 2.33 bits per heavy atom. The maximum Gasteiger partial charge on any atom is 0.227 e. The molecule has 0 spiro atoms. The summed E-state index contributed by atoms with van der Waals surface area (Å²) in [5, 5.41) is 2.34. The Hall–Kier alpha value is -5.42. The molecule has 0 bridgehead atoms. The molecule has 0 saturated heterocycles. The van der Waals surface area contributed by atoms with E-state index in [0.717, 1.165) is 61.4 Å². The van der Waals surface area contributed by atoms with Crippen LogP contribution in [-0.4, -0.2) is 14.5 Å². The molecule has 5 heteroatoms. The molecular formula is C34H21N3O2. The lowest BCUT2D eigenvalue weighted by molar-refractivity contribution is 0.582. The minimum atomic E-state index is 0.605. The van der Waals surface area contributed by atoms with Crippen LogP contribution in [0.5, 0.6) is 0 Å². The van der Waals surface area contributed by atoms with Gasteiger partial charge in [-0.1, -0.05) is 42.5 Å². The van der Waals surface area contributed by atoms with Crippen molar-refractivity contribution in [1.29, 1.82) is 0 Å². The third kappa shape index (κ3) is 3.55. The van der Waals surface area contributed by atoms with E-state index in [9.17, 15) is 0 Å². The molecule has 0 radical (unpaired) electrons. The van der Waals surface area contributed by atoms with Gasteiger partial charge in [0.25, 0.3) is 0 Å². The molecule has 5 nitrogen and oxygen atoms in total. The monoisotopic (exact) mass is 503 g/mol. The summed E-state index contributed by atoms with van der Waals surface area (Å²) in [5.74, 6) is 1.41. The van der Waals surface area contributed by atoms with Crippen molar-refractivity contribution in [1.82, 2.24) is 14.5 Å². The molecule has 0 N–H and O–H groups in total. The molecular weight excluding hydrogens is 482 g/mol. The van der Waals surface area contributed by atoms with Crippen molar-refractivity contribution >= 4 is 32.9 Å². The highest BCUT2D eigenvalue weighted by molar-refractivity contribution is 6.10. The lowest BCUT2D eigenvalue weighted by atomic mass is 10.0. The van der Waals surface area contributed by atoms with Crippen LogP contribution in [0.25, 0.3) is 72.6 Å². The van der Waals surface area contributed by atoms with Gasteiger partial charge >= 0.3 is 0 Å². The number of para-hydroxylation sites is 3. The van der Waals surface area contributed by atoms with Crippen molar-refractivity contribution < 1.29 is 8.83 Å². The number of hydrogen-bond acceptors (Lipinski definition) is 4. The average Bonchev–Trinajstić information content (AvgIpc) is 3.75. The molecule has 8 rings (SSSR count). The molecule has 0 aliphatic carbocycles. The molecule has 0 aliphatic heterocycles. The molecule has 0 saturated carbocycles. The van der Waals surface area contributed by atoms with Crippen molar-refractivity contribution in [3.8, 4) is 39.7 Å². The largest absolute Gasteiger partial charge is 0.464 e. The molecule has 184 valence electrons. The summed E-state index contributed by atoms with van der Waals surface area (Å²) < 4.78 is 14.2. The Kier molecular flexibility index (Phi) is 4.76. The fraction of sp³-hybridized carbons (Fsp3) is 0. The van der Waals surface area contributed by atoms with Crippen LogP contribution in [0.3, 0.4) is 0 Å². The van der Waals surface area contributed by atoms with E-state index in [0.29, 0.717) is 5.89 Å². The number of rotatable bonds is 4. The van der Waals surface area contributed by atoms with Gasteiger partial charge < -0.3 is 13.4 Å². The van der Waals surface area contributed by atoms with Gasteiger partial charge in [0, 0.05) is 39.3 Å². The zero-order valence-electron chi connectivity index (χ0n) is 20.8. The van der Waals surface area contributed by atoms with Gasteiger partial charge in [0.2, 0.25) is 5.89 Å². The fourth-order valence-corrected chi connectivity index (χ4v) is 5.38. The van der Waals surface area contributed by atoms with Gasteiger partial charge in [0.15, 0.2) is 5.58 Å². The maximum absolute atomic E-state index is 6.13. The molecule has 0 atom stereocenters. The minimum absolute atomic E-state index is 0.605. The minimum Gasteiger partial charge on any atom is -0.464 e. The van der Waals surface area contributed by atoms with E-state index in [1.807, 2.05) is 60.8 Å². The van der Waals surface area contributed by atoms with Crippen LogP contribution in [-0.2, 0) is 0 Å². The van der Waals surface area contributed by atoms with E-state index in [2.05, 4.69) is 70.2 Å². The van der Waals surface area contributed by atoms with Crippen LogP contribution in [0.15, 0.2) is 137 Å². The maximum atomic E-state index is 6.13. The Morgan fingerprint density at radius 1 is 0.615 bits per heavy atom. The third-order valence-corrected chi connectivity index (χ3v) is 7.16. The summed E-state index contributed by atoms with van der Waals surface area (Å²) in [7, 11) is 0. The summed E-state index contributed by atoms with van der Waals surface area (Å²) in [6.07, 6.45) is 3.52. The normalized spacial score (nSPS) is 11.6. The highest BCUT2D eigenvalue weighted by atomic mass is 16.3. The van der Waals surface area contributed by atoms with Gasteiger partial charge in [-0.05, 0) is 72.8 Å². The molecule has 0 amide bonds. The van der Waals surface area contributed by atoms with E-state index in [4.69, 9.17) is 13.8 Å². The van der Waals surface area contributed by atoms with Crippen LogP contribution >= 0.6 is 0 Å². The van der Waals surface area contributed by atoms with Gasteiger partial charge in [-0.25, -0.2) is 4.98 Å². The Labute approximate surface area is 223 Å². The van der Waals surface area contributed by atoms with E-state index >= 15 is 0 Å². The number of oxazole rings is 1. The first-order chi connectivity index (χ1) is 19.3. The zero-order valence-corrected chi connectivity index (χ0v) is 20.8.